The largest absolute Gasteiger partial charge is 0.393 e. The monoisotopic (exact) mass is 327 g/mol. The molecule has 1 aromatic heterocycles. The van der Waals surface area contributed by atoms with Gasteiger partial charge in [-0.15, -0.1) is 0 Å². The van der Waals surface area contributed by atoms with Crippen LogP contribution in [0.2, 0.25) is 0 Å². The summed E-state index contributed by atoms with van der Waals surface area (Å²) < 4.78 is 1.83. The number of carbonyl (C=O) groups is 1. The summed E-state index contributed by atoms with van der Waals surface area (Å²) in [5.74, 6) is 0.112. The van der Waals surface area contributed by atoms with Gasteiger partial charge in [0.2, 0.25) is 0 Å². The van der Waals surface area contributed by atoms with E-state index in [0.717, 1.165) is 17.8 Å². The van der Waals surface area contributed by atoms with Crippen molar-refractivity contribution in [3.63, 3.8) is 0 Å². The number of carbonyl (C=O) groups excluding carboxylic acids is 1. The Hall–Kier alpha value is -2.14. The summed E-state index contributed by atoms with van der Waals surface area (Å²) >= 11 is 0. The standard InChI is InChI=1S/C19H25N3O2/c1-12-7-13(2)9-17(8-12)22-14(3)10-18(20-22)19(24)21-6-5-16(11-21)15(4)23/h7-10,15-16,23H,5-6,11H2,1-4H3. The fraction of sp³-hybridized carbons (Fsp3) is 0.474. The Labute approximate surface area is 142 Å². The number of hydrogen-bond acceptors (Lipinski definition) is 3. The number of amides is 1. The molecule has 1 amide bonds. The molecular formula is C19H25N3O2. The average Bonchev–Trinajstić information content (AvgIpc) is 3.12. The Morgan fingerprint density at radius 1 is 1.21 bits per heavy atom. The maximum atomic E-state index is 12.7. The highest BCUT2D eigenvalue weighted by Crippen LogP contribution is 2.22. The van der Waals surface area contributed by atoms with Crippen molar-refractivity contribution in [2.24, 2.45) is 5.92 Å². The molecule has 1 fully saturated rings. The minimum absolute atomic E-state index is 0.0515. The number of nitrogens with zero attached hydrogens (tertiary/aromatic N) is 3. The van der Waals surface area contributed by atoms with Crippen molar-refractivity contribution in [1.82, 2.24) is 14.7 Å². The molecule has 24 heavy (non-hydrogen) atoms. The normalized spacial score (nSPS) is 18.9. The van der Waals surface area contributed by atoms with Crippen LogP contribution in [0.15, 0.2) is 24.3 Å². The summed E-state index contributed by atoms with van der Waals surface area (Å²) in [4.78, 5) is 14.5. The van der Waals surface area contributed by atoms with E-state index in [1.165, 1.54) is 11.1 Å². The molecular weight excluding hydrogens is 302 g/mol. The summed E-state index contributed by atoms with van der Waals surface area (Å²) in [6, 6.07) is 8.10. The van der Waals surface area contributed by atoms with E-state index in [2.05, 4.69) is 37.1 Å². The summed E-state index contributed by atoms with van der Waals surface area (Å²) in [5, 5.41) is 14.3. The Bertz CT molecular complexity index is 744. The molecule has 2 heterocycles. The maximum Gasteiger partial charge on any atom is 0.274 e. The molecule has 0 bridgehead atoms. The topological polar surface area (TPSA) is 58.4 Å². The van der Waals surface area contributed by atoms with Crippen LogP contribution in [0.25, 0.3) is 5.69 Å². The van der Waals surface area contributed by atoms with Gasteiger partial charge >= 0.3 is 0 Å². The van der Waals surface area contributed by atoms with Gasteiger partial charge < -0.3 is 10.0 Å². The van der Waals surface area contributed by atoms with Gasteiger partial charge in [-0.05, 0) is 63.4 Å². The van der Waals surface area contributed by atoms with Crippen LogP contribution in [0.1, 0.15) is 40.7 Å². The van der Waals surface area contributed by atoms with E-state index in [-0.39, 0.29) is 17.9 Å². The SMILES string of the molecule is Cc1cc(C)cc(-n2nc(C(=O)N3CCC(C(C)O)C3)cc2C)c1. The van der Waals surface area contributed by atoms with Gasteiger partial charge in [0.15, 0.2) is 5.69 Å². The fourth-order valence-corrected chi connectivity index (χ4v) is 3.44. The lowest BCUT2D eigenvalue weighted by atomic mass is 10.0. The van der Waals surface area contributed by atoms with E-state index >= 15 is 0 Å². The molecule has 1 aromatic carbocycles. The van der Waals surface area contributed by atoms with Gasteiger partial charge in [0.25, 0.3) is 5.91 Å². The zero-order valence-corrected chi connectivity index (χ0v) is 14.8. The van der Waals surface area contributed by atoms with Crippen LogP contribution >= 0.6 is 0 Å². The van der Waals surface area contributed by atoms with Gasteiger partial charge in [0, 0.05) is 24.7 Å². The zero-order valence-electron chi connectivity index (χ0n) is 14.8. The van der Waals surface area contributed by atoms with E-state index in [0.29, 0.717) is 18.8 Å². The zero-order chi connectivity index (χ0) is 17.4. The molecule has 2 aromatic rings. The molecule has 0 aliphatic carbocycles. The molecule has 1 saturated heterocycles. The lowest BCUT2D eigenvalue weighted by Gasteiger charge is -2.16. The number of aliphatic hydroxyl groups excluding tert-OH is 1. The number of benzene rings is 1. The van der Waals surface area contributed by atoms with Crippen molar-refractivity contribution < 1.29 is 9.90 Å². The van der Waals surface area contributed by atoms with Crippen molar-refractivity contribution in [3.8, 4) is 5.69 Å². The van der Waals surface area contributed by atoms with Gasteiger partial charge in [0.1, 0.15) is 0 Å². The first-order valence-corrected chi connectivity index (χ1v) is 8.48. The minimum Gasteiger partial charge on any atom is -0.393 e. The van der Waals surface area contributed by atoms with E-state index < -0.39 is 0 Å². The third-order valence-electron chi connectivity index (χ3n) is 4.75. The lowest BCUT2D eigenvalue weighted by molar-refractivity contribution is 0.0756. The lowest BCUT2D eigenvalue weighted by Crippen LogP contribution is -2.30. The second-order valence-electron chi connectivity index (χ2n) is 6.97. The first kappa shape index (κ1) is 16.7. The quantitative estimate of drug-likeness (QED) is 0.943. The summed E-state index contributed by atoms with van der Waals surface area (Å²) in [6.07, 6.45) is 0.470. The highest BCUT2D eigenvalue weighted by atomic mass is 16.3. The first-order chi connectivity index (χ1) is 11.3. The Morgan fingerprint density at radius 3 is 2.46 bits per heavy atom. The van der Waals surface area contributed by atoms with Crippen molar-refractivity contribution in [2.45, 2.75) is 40.2 Å². The number of aliphatic hydroxyl groups is 1. The van der Waals surface area contributed by atoms with Crippen LogP contribution in [0.4, 0.5) is 0 Å². The Kier molecular flexibility index (Phi) is 4.45. The summed E-state index contributed by atoms with van der Waals surface area (Å²) in [6.45, 7) is 9.15. The van der Waals surface area contributed by atoms with Crippen LogP contribution in [0, 0.1) is 26.7 Å². The summed E-state index contributed by atoms with van der Waals surface area (Å²) in [7, 11) is 0. The molecule has 128 valence electrons. The highest BCUT2D eigenvalue weighted by molar-refractivity contribution is 5.92. The molecule has 2 unspecified atom stereocenters. The first-order valence-electron chi connectivity index (χ1n) is 8.48. The molecule has 0 radical (unpaired) electrons. The smallest absolute Gasteiger partial charge is 0.274 e. The molecule has 2 atom stereocenters. The van der Waals surface area contributed by atoms with E-state index in [4.69, 9.17) is 0 Å². The number of aryl methyl sites for hydroxylation is 3. The third-order valence-corrected chi connectivity index (χ3v) is 4.75. The number of rotatable bonds is 3. The molecule has 5 nitrogen and oxygen atoms in total. The molecule has 0 saturated carbocycles. The van der Waals surface area contributed by atoms with Crippen LogP contribution in [0.5, 0.6) is 0 Å². The average molecular weight is 327 g/mol. The number of likely N-dealkylation sites (tertiary alicyclic amines) is 1. The molecule has 5 heteroatoms. The predicted molar refractivity (Wildman–Crippen MR) is 93.5 cm³/mol. The Morgan fingerprint density at radius 2 is 1.88 bits per heavy atom. The predicted octanol–water partition coefficient (Wildman–Crippen LogP) is 2.64. The molecule has 1 N–H and O–H groups in total. The van der Waals surface area contributed by atoms with E-state index in [1.807, 2.05) is 17.7 Å². The molecule has 3 rings (SSSR count). The van der Waals surface area contributed by atoms with Crippen LogP contribution in [-0.2, 0) is 0 Å². The third kappa shape index (κ3) is 3.22. The van der Waals surface area contributed by atoms with Gasteiger partial charge in [-0.25, -0.2) is 4.68 Å². The van der Waals surface area contributed by atoms with E-state index in [1.54, 1.807) is 11.8 Å². The van der Waals surface area contributed by atoms with Crippen molar-refractivity contribution in [3.05, 3.63) is 46.8 Å². The van der Waals surface area contributed by atoms with Crippen molar-refractivity contribution >= 4 is 5.91 Å². The Balaban J connectivity index is 1.85. The second-order valence-corrected chi connectivity index (χ2v) is 6.97. The molecule has 1 aliphatic rings. The van der Waals surface area contributed by atoms with Gasteiger partial charge in [-0.2, -0.15) is 5.10 Å². The minimum atomic E-state index is -0.377. The number of hydrogen-bond donors (Lipinski definition) is 1. The maximum absolute atomic E-state index is 12.7. The van der Waals surface area contributed by atoms with Crippen LogP contribution in [0.3, 0.4) is 0 Å². The molecule has 1 aliphatic heterocycles. The second kappa shape index (κ2) is 6.40. The van der Waals surface area contributed by atoms with Gasteiger partial charge in [-0.3, -0.25) is 4.79 Å². The van der Waals surface area contributed by atoms with Crippen LogP contribution in [-0.4, -0.2) is 44.9 Å². The van der Waals surface area contributed by atoms with Gasteiger partial charge in [0.05, 0.1) is 11.8 Å². The van der Waals surface area contributed by atoms with E-state index in [9.17, 15) is 9.90 Å². The van der Waals surface area contributed by atoms with Crippen molar-refractivity contribution in [2.75, 3.05) is 13.1 Å². The summed E-state index contributed by atoms with van der Waals surface area (Å²) in [5.41, 5.74) is 4.74. The number of aromatic nitrogens is 2. The van der Waals surface area contributed by atoms with Crippen molar-refractivity contribution in [1.29, 1.82) is 0 Å². The van der Waals surface area contributed by atoms with Gasteiger partial charge in [-0.1, -0.05) is 6.07 Å². The van der Waals surface area contributed by atoms with Crippen LogP contribution < -0.4 is 0 Å². The molecule has 0 spiro atoms. The fourth-order valence-electron chi connectivity index (χ4n) is 3.44. The highest BCUT2D eigenvalue weighted by Gasteiger charge is 2.30.